The number of halogens is 4. The van der Waals surface area contributed by atoms with Gasteiger partial charge in [0.2, 0.25) is 0 Å². The summed E-state index contributed by atoms with van der Waals surface area (Å²) in [6.07, 6.45) is -3.09. The first-order valence-electron chi connectivity index (χ1n) is 11.8. The zero-order valence-corrected chi connectivity index (χ0v) is 20.7. The Balaban J connectivity index is 1.75. The summed E-state index contributed by atoms with van der Waals surface area (Å²) < 4.78 is 58.2. The molecule has 0 radical (unpaired) electrons. The number of benzene rings is 3. The van der Waals surface area contributed by atoms with Crippen molar-refractivity contribution in [2.75, 3.05) is 5.32 Å². The molecule has 1 aliphatic carbocycles. The van der Waals surface area contributed by atoms with Gasteiger partial charge in [-0.05, 0) is 81.4 Å². The molecular weight excluding hydrogens is 498 g/mol. The van der Waals surface area contributed by atoms with Gasteiger partial charge in [0.05, 0.1) is 45.4 Å². The van der Waals surface area contributed by atoms with Gasteiger partial charge in [-0.2, -0.15) is 0 Å². The van der Waals surface area contributed by atoms with Crippen molar-refractivity contribution < 1.29 is 22.3 Å². The van der Waals surface area contributed by atoms with E-state index in [1.807, 2.05) is 45.0 Å². The van der Waals surface area contributed by atoms with E-state index in [2.05, 4.69) is 15.0 Å². The van der Waals surface area contributed by atoms with Crippen LogP contribution in [0.25, 0.3) is 28.1 Å². The highest BCUT2D eigenvalue weighted by atomic mass is 19.4. The molecule has 0 saturated carbocycles. The maximum absolute atomic E-state index is 14.3. The number of aromatic nitrogens is 3. The number of hydrogen-bond acceptors (Lipinski definition) is 5. The quantitative estimate of drug-likeness (QED) is 0.201. The smallest absolute Gasteiger partial charge is 0.406 e. The molecule has 2 aliphatic rings. The number of ether oxygens (including phenoxy) is 1. The molecule has 6 nitrogen and oxygen atoms in total. The second kappa shape index (κ2) is 9.77. The second-order valence-corrected chi connectivity index (χ2v) is 9.02. The Morgan fingerprint density at radius 3 is 2.39 bits per heavy atom. The Morgan fingerprint density at radius 1 is 0.974 bits per heavy atom. The fraction of sp³-hybridized carbons (Fsp3) is 0.179. The Kier molecular flexibility index (Phi) is 6.48. The molecule has 0 saturated heterocycles. The third-order valence-corrected chi connectivity index (χ3v) is 5.67. The lowest BCUT2D eigenvalue weighted by molar-refractivity contribution is -0.274. The average Bonchev–Trinajstić information content (AvgIpc) is 2.84. The van der Waals surface area contributed by atoms with Crippen LogP contribution in [0.3, 0.4) is 0 Å². The molecule has 0 spiro atoms. The third-order valence-electron chi connectivity index (χ3n) is 5.67. The number of hydrogen-bond donors (Lipinski definition) is 1. The van der Waals surface area contributed by atoms with Gasteiger partial charge in [-0.3, -0.25) is 9.98 Å². The van der Waals surface area contributed by atoms with Gasteiger partial charge in [-0.15, -0.1) is 13.2 Å². The monoisotopic (exact) mass is 521 g/mol. The van der Waals surface area contributed by atoms with Crippen molar-refractivity contribution in [3.63, 3.8) is 0 Å². The van der Waals surface area contributed by atoms with Gasteiger partial charge < -0.3 is 14.6 Å². The molecule has 5 rings (SSSR count). The molecule has 0 fully saturated rings. The first kappa shape index (κ1) is 25.2. The number of alkyl halides is 3. The van der Waals surface area contributed by atoms with E-state index in [1.165, 1.54) is 36.4 Å². The highest BCUT2D eigenvalue weighted by Gasteiger charge is 2.31. The summed E-state index contributed by atoms with van der Waals surface area (Å²) >= 11 is 0. The highest BCUT2D eigenvalue weighted by Crippen LogP contribution is 2.32. The minimum absolute atomic E-state index is 0.0396. The number of rotatable bonds is 5. The van der Waals surface area contributed by atoms with Crippen molar-refractivity contribution in [2.24, 2.45) is 4.99 Å². The topological polar surface area (TPSA) is 64.3 Å². The van der Waals surface area contributed by atoms with E-state index in [9.17, 15) is 17.6 Å². The molecule has 1 aromatic heterocycles. The van der Waals surface area contributed by atoms with Crippen LogP contribution in [0.1, 0.15) is 19.5 Å². The largest absolute Gasteiger partial charge is 0.573 e. The van der Waals surface area contributed by atoms with Gasteiger partial charge >= 0.3 is 6.36 Å². The second-order valence-electron chi connectivity index (χ2n) is 9.02. The van der Waals surface area contributed by atoms with E-state index >= 15 is 0 Å². The average molecular weight is 522 g/mol. The number of nitrogens with one attached hydrogen (secondary N) is 1. The van der Waals surface area contributed by atoms with Crippen molar-refractivity contribution >= 4 is 22.4 Å². The van der Waals surface area contributed by atoms with E-state index in [1.54, 1.807) is 16.8 Å². The van der Waals surface area contributed by atoms with Crippen LogP contribution in [-0.2, 0) is 0 Å². The number of aryl methyl sites for hydroxylation is 1. The van der Waals surface area contributed by atoms with Gasteiger partial charge in [0.25, 0.3) is 0 Å². The van der Waals surface area contributed by atoms with E-state index in [4.69, 9.17) is 9.98 Å². The lowest BCUT2D eigenvalue weighted by atomic mass is 10.1. The van der Waals surface area contributed by atoms with Crippen molar-refractivity contribution in [3.05, 3.63) is 89.8 Å². The Bertz CT molecular complexity index is 1640. The van der Waals surface area contributed by atoms with Gasteiger partial charge in [0, 0.05) is 23.5 Å². The number of anilines is 2. The van der Waals surface area contributed by atoms with Gasteiger partial charge in [0.15, 0.2) is 0 Å². The maximum Gasteiger partial charge on any atom is 0.573 e. The summed E-state index contributed by atoms with van der Waals surface area (Å²) in [6, 6.07) is 17.0. The van der Waals surface area contributed by atoms with Crippen molar-refractivity contribution in [1.29, 1.82) is 0 Å². The third kappa shape index (κ3) is 5.44. The number of nitrogens with zero attached hydrogens (tertiary/aromatic N) is 4. The fourth-order valence-corrected chi connectivity index (χ4v) is 4.12. The molecule has 2 aromatic carbocycles. The molecule has 2 heterocycles. The summed E-state index contributed by atoms with van der Waals surface area (Å²) in [5.74, 6) is -0.828. The van der Waals surface area contributed by atoms with Gasteiger partial charge in [-0.25, -0.2) is 9.37 Å². The first-order valence-corrected chi connectivity index (χ1v) is 11.8. The van der Waals surface area contributed by atoms with Crippen LogP contribution in [0.2, 0.25) is 0 Å². The normalized spacial score (nSPS) is 12.5. The van der Waals surface area contributed by atoms with Crippen LogP contribution in [0, 0.1) is 12.7 Å². The standard InChI is InChI=1S/C28H23F4N5O/c1-16(2)34-24-14-27-25(13-23(24)35-19-6-4-17(3)33-15-19)36-22-11-5-18(29)12-26(22)37(27)20-7-9-21(10-8-20)38-28(30,31)32/h4-16,35H,1-3H3/b34-24+. The first-order chi connectivity index (χ1) is 18.1. The summed E-state index contributed by atoms with van der Waals surface area (Å²) in [6.45, 7) is 5.80. The summed E-state index contributed by atoms with van der Waals surface area (Å²) in [4.78, 5) is 13.8. The summed E-state index contributed by atoms with van der Waals surface area (Å²) in [5, 5.41) is 3.99. The molecule has 3 aromatic rings. The molecule has 1 aliphatic heterocycles. The molecule has 194 valence electrons. The van der Waals surface area contributed by atoms with Crippen LogP contribution < -0.4 is 15.4 Å². The zero-order valence-electron chi connectivity index (χ0n) is 20.7. The predicted octanol–water partition coefficient (Wildman–Crippen LogP) is 6.92. The molecule has 0 bridgehead atoms. The van der Waals surface area contributed by atoms with Crippen LogP contribution in [0.15, 0.2) is 77.9 Å². The SMILES string of the molecule is Cc1ccc(Nc2cc3nc4ccc(F)cc4n(-c4ccc(OC(F)(F)F)cc4)c-3c/c2=N\C(C)C)cn1. The lowest BCUT2D eigenvalue weighted by Gasteiger charge is -2.21. The minimum Gasteiger partial charge on any atom is -0.406 e. The maximum atomic E-state index is 14.3. The number of pyridine rings is 1. The van der Waals surface area contributed by atoms with E-state index in [-0.39, 0.29) is 11.8 Å². The molecule has 38 heavy (non-hydrogen) atoms. The zero-order chi connectivity index (χ0) is 27.0. The lowest BCUT2D eigenvalue weighted by Crippen LogP contribution is -2.17. The van der Waals surface area contributed by atoms with Crippen molar-refractivity contribution in [2.45, 2.75) is 33.2 Å². The summed E-state index contributed by atoms with van der Waals surface area (Å²) in [5.41, 5.74) is 4.98. The van der Waals surface area contributed by atoms with Crippen molar-refractivity contribution in [3.8, 4) is 22.8 Å². The molecule has 0 atom stereocenters. The van der Waals surface area contributed by atoms with Gasteiger partial charge in [-0.1, -0.05) is 0 Å². The highest BCUT2D eigenvalue weighted by molar-refractivity contribution is 5.84. The Hall–Kier alpha value is -4.47. The van der Waals surface area contributed by atoms with E-state index < -0.39 is 12.2 Å². The molecule has 0 unspecified atom stereocenters. The van der Waals surface area contributed by atoms with Crippen LogP contribution in [-0.4, -0.2) is 26.9 Å². The molecule has 0 amide bonds. The number of fused-ring (bicyclic) bond motifs is 2. The molecule has 10 heteroatoms. The molecular formula is C28H23F4N5O. The van der Waals surface area contributed by atoms with Crippen LogP contribution in [0.5, 0.6) is 5.75 Å². The van der Waals surface area contributed by atoms with Crippen LogP contribution in [0.4, 0.5) is 28.9 Å². The van der Waals surface area contributed by atoms with E-state index in [0.717, 1.165) is 11.4 Å². The minimum atomic E-state index is -4.81. The van der Waals surface area contributed by atoms with Gasteiger partial charge in [0.1, 0.15) is 11.6 Å². The van der Waals surface area contributed by atoms with Crippen molar-refractivity contribution in [1.82, 2.24) is 14.5 Å². The summed E-state index contributed by atoms with van der Waals surface area (Å²) in [7, 11) is 0. The predicted molar refractivity (Wildman–Crippen MR) is 137 cm³/mol. The Labute approximate surface area is 215 Å². The van der Waals surface area contributed by atoms with E-state index in [0.29, 0.717) is 39.2 Å². The molecule has 1 N–H and O–H groups in total. The van der Waals surface area contributed by atoms with Crippen LogP contribution >= 0.6 is 0 Å². The fourth-order valence-electron chi connectivity index (χ4n) is 4.12. The Morgan fingerprint density at radius 2 is 1.74 bits per heavy atom.